The summed E-state index contributed by atoms with van der Waals surface area (Å²) in [4.78, 5) is 27.5. The van der Waals surface area contributed by atoms with Crippen LogP contribution in [0.25, 0.3) is 16.0 Å². The lowest BCUT2D eigenvalue weighted by Crippen LogP contribution is -2.39. The molecule has 0 bridgehead atoms. The summed E-state index contributed by atoms with van der Waals surface area (Å²) in [7, 11) is 1.41. The number of hydrogen-bond donors (Lipinski definition) is 0. The number of hydrogen-bond acceptors (Lipinski definition) is 6. The maximum Gasteiger partial charge on any atom is 0.338 e. The van der Waals surface area contributed by atoms with Gasteiger partial charge in [0.05, 0.1) is 22.8 Å². The Balaban J connectivity index is 2.08. The van der Waals surface area contributed by atoms with Crippen molar-refractivity contribution >= 4 is 37.5 Å². The molecule has 0 amide bonds. The third-order valence-electron chi connectivity index (χ3n) is 4.99. The summed E-state index contributed by atoms with van der Waals surface area (Å²) in [6.07, 6.45) is 1.90. The molecule has 0 spiro atoms. The summed E-state index contributed by atoms with van der Waals surface area (Å²) in [5.41, 5.74) is -1.40. The van der Waals surface area contributed by atoms with Gasteiger partial charge in [0.2, 0.25) is 5.88 Å². The van der Waals surface area contributed by atoms with Gasteiger partial charge >= 0.3 is 5.69 Å². The summed E-state index contributed by atoms with van der Waals surface area (Å²) in [5, 5.41) is 8.04. The van der Waals surface area contributed by atoms with Crippen LogP contribution in [-0.4, -0.2) is 26.4 Å². The average Bonchev–Trinajstić information content (AvgIpc) is 3.08. The molecule has 0 N–H and O–H groups in total. The van der Waals surface area contributed by atoms with Gasteiger partial charge in [0.15, 0.2) is 5.82 Å². The van der Waals surface area contributed by atoms with Gasteiger partial charge in [-0.05, 0) is 51.5 Å². The lowest BCUT2D eigenvalue weighted by molar-refractivity contribution is 0.391. The molecule has 3 aromatic heterocycles. The molecule has 1 radical (unpaired) electrons. The van der Waals surface area contributed by atoms with Crippen LogP contribution in [0.5, 0.6) is 5.88 Å². The first-order valence-electron chi connectivity index (χ1n) is 10.2. The Hall–Kier alpha value is -2.92. The summed E-state index contributed by atoms with van der Waals surface area (Å²) < 4.78 is 36.6. The van der Waals surface area contributed by atoms with Crippen molar-refractivity contribution in [1.82, 2.24) is 19.3 Å². The monoisotopic (exact) mass is 549 g/mol. The zero-order valence-corrected chi connectivity index (χ0v) is 21.1. The van der Waals surface area contributed by atoms with Crippen LogP contribution in [0.1, 0.15) is 31.9 Å². The first-order valence-corrected chi connectivity index (χ1v) is 11.8. The van der Waals surface area contributed by atoms with Crippen molar-refractivity contribution < 1.29 is 13.5 Å². The van der Waals surface area contributed by atoms with E-state index in [1.807, 2.05) is 27.2 Å². The van der Waals surface area contributed by atoms with E-state index in [1.54, 1.807) is 0 Å². The first-order chi connectivity index (χ1) is 16.0. The highest BCUT2D eigenvalue weighted by molar-refractivity contribution is 9.11. The average molecular weight is 550 g/mol. The minimum Gasteiger partial charge on any atom is -0.480 e. The second-order valence-corrected chi connectivity index (χ2v) is 10.9. The number of methoxy groups -OCH3 is 1. The van der Waals surface area contributed by atoms with Gasteiger partial charge in [0.1, 0.15) is 16.5 Å². The van der Waals surface area contributed by atoms with Crippen molar-refractivity contribution in [1.29, 1.82) is 0 Å². The van der Waals surface area contributed by atoms with Crippen molar-refractivity contribution in [2.24, 2.45) is 5.41 Å². The number of thiophene rings is 1. The van der Waals surface area contributed by atoms with E-state index in [0.29, 0.717) is 9.35 Å². The van der Waals surface area contributed by atoms with Gasteiger partial charge in [-0.15, -0.1) is 21.5 Å². The van der Waals surface area contributed by atoms with Gasteiger partial charge < -0.3 is 4.74 Å². The van der Waals surface area contributed by atoms with Gasteiger partial charge in [-0.1, -0.05) is 26.8 Å². The fraction of sp³-hybridized carbons (Fsp3) is 0.261. The second-order valence-electron chi connectivity index (χ2n) is 8.62. The topological polar surface area (TPSA) is 79.0 Å². The molecule has 7 nitrogen and oxygen atoms in total. The molecule has 4 aromatic rings. The molecular weight excluding hydrogens is 530 g/mol. The maximum atomic E-state index is 14.5. The molecule has 177 valence electrons. The first kappa shape index (κ1) is 24.2. The van der Waals surface area contributed by atoms with Crippen LogP contribution >= 0.6 is 27.3 Å². The van der Waals surface area contributed by atoms with Crippen molar-refractivity contribution in [3.8, 4) is 11.7 Å². The number of halogens is 3. The highest BCUT2D eigenvalue weighted by atomic mass is 79.9. The fourth-order valence-electron chi connectivity index (χ4n) is 3.49. The molecule has 0 saturated heterocycles. The Bertz CT molecular complexity index is 1480. The molecule has 3 heterocycles. The third kappa shape index (κ3) is 4.41. The fourth-order valence-corrected chi connectivity index (χ4v) is 5.26. The molecule has 0 unspecified atom stereocenters. The molecule has 0 aliphatic rings. The van der Waals surface area contributed by atoms with Gasteiger partial charge in [0.25, 0.3) is 5.56 Å². The predicted molar refractivity (Wildman–Crippen MR) is 130 cm³/mol. The van der Waals surface area contributed by atoms with Crippen LogP contribution in [0.3, 0.4) is 0 Å². The number of benzene rings is 1. The van der Waals surface area contributed by atoms with E-state index in [9.17, 15) is 18.4 Å². The molecule has 0 aliphatic heterocycles. The van der Waals surface area contributed by atoms with Crippen molar-refractivity contribution in [3.63, 3.8) is 0 Å². The van der Waals surface area contributed by atoms with Crippen molar-refractivity contribution in [2.75, 3.05) is 7.11 Å². The lowest BCUT2D eigenvalue weighted by Gasteiger charge is -2.18. The Labute approximate surface area is 205 Å². The van der Waals surface area contributed by atoms with E-state index in [4.69, 9.17) is 4.74 Å². The van der Waals surface area contributed by atoms with Gasteiger partial charge in [0, 0.05) is 11.6 Å². The number of rotatable bonds is 5. The minimum absolute atomic E-state index is 0.0375. The van der Waals surface area contributed by atoms with Crippen molar-refractivity contribution in [2.45, 2.75) is 27.3 Å². The molecule has 34 heavy (non-hydrogen) atoms. The molecular formula is C23H20BrF2N4O3S. The van der Waals surface area contributed by atoms with E-state index >= 15 is 0 Å². The predicted octanol–water partition coefficient (Wildman–Crippen LogP) is 4.70. The van der Waals surface area contributed by atoms with Crippen molar-refractivity contribution in [3.05, 3.63) is 84.1 Å². The molecule has 0 saturated carbocycles. The Morgan fingerprint density at radius 1 is 1.12 bits per heavy atom. The molecule has 0 fully saturated rings. The molecule has 0 aliphatic carbocycles. The number of fused-ring (bicyclic) bond motifs is 1. The van der Waals surface area contributed by atoms with E-state index < -0.39 is 29.4 Å². The summed E-state index contributed by atoms with van der Waals surface area (Å²) in [5.74, 6) is -1.42. The SMILES string of the molecule is COc1ccc(-n2c(=O)c3c([CH]C(C)(C)C)c(Br)sc3n(Cc3c(F)cccc3F)c2=O)nn1. The minimum atomic E-state index is -0.796. The number of aromatic nitrogens is 4. The van der Waals surface area contributed by atoms with Gasteiger partial charge in [-0.2, -0.15) is 0 Å². The summed E-state index contributed by atoms with van der Waals surface area (Å²) in [6, 6.07) is 6.37. The Morgan fingerprint density at radius 3 is 2.35 bits per heavy atom. The lowest BCUT2D eigenvalue weighted by atomic mass is 9.88. The zero-order valence-electron chi connectivity index (χ0n) is 18.7. The highest BCUT2D eigenvalue weighted by Crippen LogP contribution is 2.38. The number of ether oxygens (including phenoxy) is 1. The molecule has 4 rings (SSSR count). The molecule has 11 heteroatoms. The molecule has 1 aromatic carbocycles. The van der Waals surface area contributed by atoms with Crippen LogP contribution in [0, 0.1) is 23.5 Å². The molecule has 0 atom stereocenters. The zero-order chi connectivity index (χ0) is 24.8. The Morgan fingerprint density at radius 2 is 1.79 bits per heavy atom. The Kier molecular flexibility index (Phi) is 6.43. The van der Waals surface area contributed by atoms with E-state index in [0.717, 1.165) is 28.0 Å². The second kappa shape index (κ2) is 9.03. The van der Waals surface area contributed by atoms with Crippen LogP contribution in [0.2, 0.25) is 0 Å². The maximum absolute atomic E-state index is 14.5. The van der Waals surface area contributed by atoms with Crippen LogP contribution in [0.15, 0.2) is 43.7 Å². The third-order valence-corrected chi connectivity index (χ3v) is 6.91. The standard InChI is InChI=1S/C23H20BrF2N4O3S/c1-23(2,3)10-12-18-20(31)30(16-8-9-17(33-4)28-27-16)22(32)29(21(18)34-19(12)24)11-13-14(25)6-5-7-15(13)26/h5-10H,11H2,1-4H3. The summed E-state index contributed by atoms with van der Waals surface area (Å²) in [6.45, 7) is 5.50. The number of nitrogens with zero attached hydrogens (tertiary/aromatic N) is 4. The van der Waals surface area contributed by atoms with E-state index in [2.05, 4.69) is 26.1 Å². The largest absolute Gasteiger partial charge is 0.480 e. The normalized spacial score (nSPS) is 11.9. The van der Waals surface area contributed by atoms with Crippen LogP contribution < -0.4 is 16.0 Å². The van der Waals surface area contributed by atoms with Crippen LogP contribution in [0.4, 0.5) is 8.78 Å². The van der Waals surface area contributed by atoms with Gasteiger partial charge in [-0.25, -0.2) is 18.1 Å². The van der Waals surface area contributed by atoms with Crippen LogP contribution in [-0.2, 0) is 6.54 Å². The smallest absolute Gasteiger partial charge is 0.338 e. The quantitative estimate of drug-likeness (QED) is 0.360. The van der Waals surface area contributed by atoms with Gasteiger partial charge in [-0.3, -0.25) is 9.36 Å². The summed E-state index contributed by atoms with van der Waals surface area (Å²) >= 11 is 4.65. The van der Waals surface area contributed by atoms with E-state index in [-0.39, 0.29) is 32.9 Å². The van der Waals surface area contributed by atoms with E-state index in [1.165, 1.54) is 29.9 Å². The highest BCUT2D eigenvalue weighted by Gasteiger charge is 2.26.